The highest BCUT2D eigenvalue weighted by atomic mass is 35.5. The van der Waals surface area contributed by atoms with E-state index in [-0.39, 0.29) is 24.8 Å². The first-order valence-electron chi connectivity index (χ1n) is 6.97. The average Bonchev–Trinajstić information content (AvgIpc) is 2.43. The molecule has 0 rings (SSSR count). The lowest BCUT2D eigenvalue weighted by Gasteiger charge is -2.18. The van der Waals surface area contributed by atoms with Gasteiger partial charge in [0, 0.05) is 19.0 Å². The molecule has 0 aromatic rings. The van der Waals surface area contributed by atoms with Crippen LogP contribution in [0.15, 0.2) is 0 Å². The minimum absolute atomic E-state index is 0. The number of halogens is 1. The smallest absolute Gasteiger partial charge is 0.305 e. The number of hydrogen-bond acceptors (Lipinski definition) is 6. The molecule has 1 unspecified atom stereocenters. The Morgan fingerprint density at radius 2 is 2.05 bits per heavy atom. The summed E-state index contributed by atoms with van der Waals surface area (Å²) >= 11 is 1.72. The van der Waals surface area contributed by atoms with Gasteiger partial charge in [-0.2, -0.15) is 11.8 Å². The Bertz CT molecular complexity index is 295. The van der Waals surface area contributed by atoms with Crippen LogP contribution in [0.3, 0.4) is 0 Å². The molecule has 2 atom stereocenters. The molecule has 21 heavy (non-hydrogen) atoms. The molecule has 0 fully saturated rings. The maximum atomic E-state index is 11.6. The molecular formula is C13H27ClN2O4S. The highest BCUT2D eigenvalue weighted by Crippen LogP contribution is 2.05. The number of rotatable bonds is 11. The normalized spacial score (nSPS) is 13.0. The quantitative estimate of drug-likeness (QED) is 0.377. The zero-order valence-electron chi connectivity index (χ0n) is 12.7. The van der Waals surface area contributed by atoms with Crippen molar-refractivity contribution in [3.63, 3.8) is 0 Å². The van der Waals surface area contributed by atoms with E-state index >= 15 is 0 Å². The van der Waals surface area contributed by atoms with Crippen LogP contribution in [0, 0.1) is 0 Å². The maximum absolute atomic E-state index is 11.6. The summed E-state index contributed by atoms with van der Waals surface area (Å²) in [4.78, 5) is 22.7. The van der Waals surface area contributed by atoms with E-state index in [0.29, 0.717) is 26.0 Å². The topological polar surface area (TPSA) is 102 Å². The summed E-state index contributed by atoms with van der Waals surface area (Å²) in [6.07, 6.45) is 0.132. The first-order valence-corrected chi connectivity index (χ1v) is 8.13. The SMILES string of the molecule is CCOC(=O)CCCNC(=O)C(O)[C@H](N)CCSCC.Cl. The van der Waals surface area contributed by atoms with E-state index in [4.69, 9.17) is 10.5 Å². The number of aliphatic hydroxyl groups excluding tert-OH is 1. The Labute approximate surface area is 137 Å². The van der Waals surface area contributed by atoms with E-state index in [2.05, 4.69) is 5.32 Å². The van der Waals surface area contributed by atoms with E-state index in [0.717, 1.165) is 11.5 Å². The number of carbonyl (C=O) groups is 2. The number of ether oxygens (including phenoxy) is 1. The number of nitrogens with one attached hydrogen (secondary N) is 1. The van der Waals surface area contributed by atoms with Crippen LogP contribution in [0.5, 0.6) is 0 Å². The highest BCUT2D eigenvalue weighted by molar-refractivity contribution is 7.99. The molecular weight excluding hydrogens is 316 g/mol. The van der Waals surface area contributed by atoms with Crippen molar-refractivity contribution in [2.75, 3.05) is 24.7 Å². The molecule has 0 radical (unpaired) electrons. The second kappa shape index (κ2) is 14.4. The Hall–Kier alpha value is -0.500. The number of hydrogen-bond donors (Lipinski definition) is 3. The maximum Gasteiger partial charge on any atom is 0.305 e. The van der Waals surface area contributed by atoms with E-state index in [9.17, 15) is 14.7 Å². The van der Waals surface area contributed by atoms with Crippen LogP contribution in [0.25, 0.3) is 0 Å². The molecule has 0 spiro atoms. The largest absolute Gasteiger partial charge is 0.466 e. The van der Waals surface area contributed by atoms with Gasteiger partial charge in [-0.25, -0.2) is 0 Å². The lowest BCUT2D eigenvalue weighted by molar-refractivity contribution is -0.143. The molecule has 1 amide bonds. The van der Waals surface area contributed by atoms with Crippen LogP contribution >= 0.6 is 24.2 Å². The summed E-state index contributed by atoms with van der Waals surface area (Å²) < 4.78 is 4.77. The van der Waals surface area contributed by atoms with Crippen molar-refractivity contribution in [3.8, 4) is 0 Å². The summed E-state index contributed by atoms with van der Waals surface area (Å²) in [5.41, 5.74) is 5.75. The van der Waals surface area contributed by atoms with Crippen LogP contribution in [0.2, 0.25) is 0 Å². The molecule has 0 aromatic heterocycles. The molecule has 126 valence electrons. The van der Waals surface area contributed by atoms with Gasteiger partial charge in [0.25, 0.3) is 0 Å². The van der Waals surface area contributed by atoms with Crippen molar-refractivity contribution in [3.05, 3.63) is 0 Å². The fourth-order valence-corrected chi connectivity index (χ4v) is 2.23. The van der Waals surface area contributed by atoms with Gasteiger partial charge in [-0.3, -0.25) is 9.59 Å². The van der Waals surface area contributed by atoms with Crippen LogP contribution < -0.4 is 11.1 Å². The zero-order valence-corrected chi connectivity index (χ0v) is 14.3. The molecule has 0 bridgehead atoms. The lowest BCUT2D eigenvalue weighted by Crippen LogP contribution is -2.46. The number of esters is 1. The zero-order chi connectivity index (χ0) is 15.4. The van der Waals surface area contributed by atoms with Crippen LogP contribution in [-0.4, -0.2) is 53.8 Å². The van der Waals surface area contributed by atoms with Gasteiger partial charge in [0.1, 0.15) is 6.10 Å². The number of carbonyl (C=O) groups excluding carboxylic acids is 2. The molecule has 0 aliphatic heterocycles. The standard InChI is InChI=1S/C13H26N2O4S.ClH/c1-3-19-11(16)6-5-8-15-13(18)12(17)10(14)7-9-20-4-2;/h10,12,17H,3-9,14H2,1-2H3,(H,15,18);1H/t10-,12?;/m1./s1. The molecule has 0 saturated heterocycles. The third kappa shape index (κ3) is 11.8. The van der Waals surface area contributed by atoms with E-state index in [1.165, 1.54) is 0 Å². The van der Waals surface area contributed by atoms with Crippen molar-refractivity contribution >= 4 is 36.0 Å². The predicted octanol–water partition coefficient (Wildman–Crippen LogP) is 0.699. The second-order valence-electron chi connectivity index (χ2n) is 4.29. The van der Waals surface area contributed by atoms with Crippen molar-refractivity contribution in [1.29, 1.82) is 0 Å². The van der Waals surface area contributed by atoms with Gasteiger partial charge in [0.05, 0.1) is 6.61 Å². The van der Waals surface area contributed by atoms with Crippen LogP contribution in [-0.2, 0) is 14.3 Å². The molecule has 0 aromatic carbocycles. The van der Waals surface area contributed by atoms with E-state index in [1.54, 1.807) is 18.7 Å². The fourth-order valence-electron chi connectivity index (χ4n) is 1.50. The van der Waals surface area contributed by atoms with E-state index < -0.39 is 18.1 Å². The summed E-state index contributed by atoms with van der Waals surface area (Å²) in [6.45, 7) is 4.47. The molecule has 4 N–H and O–H groups in total. The molecule has 0 aliphatic carbocycles. The average molecular weight is 343 g/mol. The first kappa shape index (κ1) is 22.8. The molecule has 8 heteroatoms. The lowest BCUT2D eigenvalue weighted by atomic mass is 10.1. The fraction of sp³-hybridized carbons (Fsp3) is 0.846. The molecule has 0 aliphatic rings. The van der Waals surface area contributed by atoms with E-state index in [1.807, 2.05) is 6.92 Å². The Morgan fingerprint density at radius 3 is 2.62 bits per heavy atom. The van der Waals surface area contributed by atoms with Crippen molar-refractivity contribution in [1.82, 2.24) is 5.32 Å². The molecule has 0 heterocycles. The third-order valence-corrected chi connectivity index (χ3v) is 3.57. The van der Waals surface area contributed by atoms with Crippen molar-refractivity contribution in [2.45, 2.75) is 45.3 Å². The molecule has 6 nitrogen and oxygen atoms in total. The number of aliphatic hydroxyl groups is 1. The summed E-state index contributed by atoms with van der Waals surface area (Å²) in [5.74, 6) is 1.05. The first-order chi connectivity index (χ1) is 9.52. The highest BCUT2D eigenvalue weighted by Gasteiger charge is 2.22. The Morgan fingerprint density at radius 1 is 1.38 bits per heavy atom. The minimum Gasteiger partial charge on any atom is -0.466 e. The van der Waals surface area contributed by atoms with Gasteiger partial charge >= 0.3 is 5.97 Å². The van der Waals surface area contributed by atoms with Crippen LogP contribution in [0.1, 0.15) is 33.1 Å². The number of nitrogens with two attached hydrogens (primary N) is 1. The van der Waals surface area contributed by atoms with Gasteiger partial charge in [0.2, 0.25) is 5.91 Å². The van der Waals surface area contributed by atoms with Crippen LogP contribution in [0.4, 0.5) is 0 Å². The van der Waals surface area contributed by atoms with Gasteiger partial charge in [-0.15, -0.1) is 12.4 Å². The van der Waals surface area contributed by atoms with Crippen molar-refractivity contribution in [2.24, 2.45) is 5.73 Å². The monoisotopic (exact) mass is 342 g/mol. The third-order valence-electron chi connectivity index (χ3n) is 2.64. The van der Waals surface area contributed by atoms with Gasteiger partial charge in [-0.05, 0) is 31.3 Å². The van der Waals surface area contributed by atoms with Gasteiger partial charge in [-0.1, -0.05) is 6.92 Å². The predicted molar refractivity (Wildman–Crippen MR) is 87.7 cm³/mol. The Balaban J connectivity index is 0. The van der Waals surface area contributed by atoms with Crippen molar-refractivity contribution < 1.29 is 19.4 Å². The van der Waals surface area contributed by atoms with Gasteiger partial charge in [0.15, 0.2) is 0 Å². The minimum atomic E-state index is -1.20. The summed E-state index contributed by atoms with van der Waals surface area (Å²) in [6, 6.07) is -0.556. The molecule has 0 saturated carbocycles. The Kier molecular flexibility index (Phi) is 15.7. The summed E-state index contributed by atoms with van der Waals surface area (Å²) in [7, 11) is 0. The summed E-state index contributed by atoms with van der Waals surface area (Å²) in [5, 5.41) is 12.3. The number of amides is 1. The number of thioether (sulfide) groups is 1. The second-order valence-corrected chi connectivity index (χ2v) is 5.69. The van der Waals surface area contributed by atoms with Gasteiger partial charge < -0.3 is 20.9 Å².